The third-order valence-corrected chi connectivity index (χ3v) is 5.70. The number of fused-ring (bicyclic) bond motifs is 1. The van der Waals surface area contributed by atoms with E-state index in [1.807, 2.05) is 6.20 Å². The SMILES string of the molecule is N#CC1(NC(=O)CN2CC=C(c3c[nH]c4cc(F)ccc34)CC2)CCCC1. The Bertz CT molecular complexity index is 933. The lowest BCUT2D eigenvalue weighted by atomic mass is 9.98. The number of hydrogen-bond donors (Lipinski definition) is 2. The Hall–Kier alpha value is -2.65. The highest BCUT2D eigenvalue weighted by molar-refractivity contribution is 5.92. The number of halogens is 1. The Balaban J connectivity index is 1.39. The molecule has 1 fully saturated rings. The summed E-state index contributed by atoms with van der Waals surface area (Å²) in [6, 6.07) is 7.09. The lowest BCUT2D eigenvalue weighted by Gasteiger charge is -2.28. The molecule has 27 heavy (non-hydrogen) atoms. The molecule has 140 valence electrons. The first-order valence-corrected chi connectivity index (χ1v) is 9.49. The van der Waals surface area contributed by atoms with E-state index in [1.54, 1.807) is 6.07 Å². The van der Waals surface area contributed by atoms with E-state index in [0.717, 1.165) is 55.1 Å². The van der Waals surface area contributed by atoms with Crippen molar-refractivity contribution >= 4 is 22.4 Å². The highest BCUT2D eigenvalue weighted by Gasteiger charge is 2.35. The molecule has 1 aromatic carbocycles. The van der Waals surface area contributed by atoms with Gasteiger partial charge >= 0.3 is 0 Å². The molecule has 0 radical (unpaired) electrons. The minimum absolute atomic E-state index is 0.0714. The Morgan fingerprint density at radius 1 is 1.37 bits per heavy atom. The summed E-state index contributed by atoms with van der Waals surface area (Å²) in [6.45, 7) is 1.79. The number of aromatic amines is 1. The molecule has 5 nitrogen and oxygen atoms in total. The van der Waals surface area contributed by atoms with Crippen molar-refractivity contribution in [2.75, 3.05) is 19.6 Å². The van der Waals surface area contributed by atoms with Crippen molar-refractivity contribution in [1.82, 2.24) is 15.2 Å². The molecule has 6 heteroatoms. The maximum absolute atomic E-state index is 13.4. The summed E-state index contributed by atoms with van der Waals surface area (Å²) in [4.78, 5) is 17.6. The largest absolute Gasteiger partial charge is 0.360 e. The molecule has 1 saturated carbocycles. The van der Waals surface area contributed by atoms with Gasteiger partial charge in [-0.1, -0.05) is 6.08 Å². The van der Waals surface area contributed by atoms with Crippen molar-refractivity contribution in [3.8, 4) is 6.07 Å². The van der Waals surface area contributed by atoms with E-state index >= 15 is 0 Å². The molecule has 0 bridgehead atoms. The van der Waals surface area contributed by atoms with E-state index in [2.05, 4.69) is 27.3 Å². The van der Waals surface area contributed by atoms with Crippen LogP contribution in [0.2, 0.25) is 0 Å². The summed E-state index contributed by atoms with van der Waals surface area (Å²) < 4.78 is 13.4. The number of nitrogens with zero attached hydrogens (tertiary/aromatic N) is 2. The molecule has 2 heterocycles. The van der Waals surface area contributed by atoms with Gasteiger partial charge in [0.05, 0.1) is 12.6 Å². The van der Waals surface area contributed by atoms with Crippen LogP contribution >= 0.6 is 0 Å². The molecule has 0 atom stereocenters. The molecular formula is C21H23FN4O. The molecule has 1 amide bonds. The number of benzene rings is 1. The Labute approximate surface area is 157 Å². The number of H-pyrrole nitrogens is 1. The summed E-state index contributed by atoms with van der Waals surface area (Å²) in [5, 5.41) is 13.4. The smallest absolute Gasteiger partial charge is 0.235 e. The molecule has 1 aliphatic carbocycles. The number of nitriles is 1. The van der Waals surface area contributed by atoms with Gasteiger partial charge in [0, 0.05) is 35.8 Å². The predicted molar refractivity (Wildman–Crippen MR) is 102 cm³/mol. The van der Waals surface area contributed by atoms with Gasteiger partial charge < -0.3 is 10.3 Å². The van der Waals surface area contributed by atoms with Crippen molar-refractivity contribution in [3.05, 3.63) is 41.9 Å². The fourth-order valence-corrected chi connectivity index (χ4v) is 4.22. The Kier molecular flexibility index (Phi) is 4.71. The zero-order valence-electron chi connectivity index (χ0n) is 15.2. The lowest BCUT2D eigenvalue weighted by Crippen LogP contribution is -2.49. The van der Waals surface area contributed by atoms with Gasteiger partial charge in [0.25, 0.3) is 0 Å². The standard InChI is InChI=1S/C21H23FN4O/c22-16-3-4-17-18(12-24-19(17)11-16)15-5-9-26(10-6-15)13-20(27)25-21(14-23)7-1-2-8-21/h3-5,11-12,24H,1-2,6-10,13H2,(H,25,27). The summed E-state index contributed by atoms with van der Waals surface area (Å²) in [5.41, 5.74) is 2.45. The number of nitrogens with one attached hydrogen (secondary N) is 2. The summed E-state index contributed by atoms with van der Waals surface area (Å²) in [6.07, 6.45) is 8.39. The van der Waals surface area contributed by atoms with Crippen LogP contribution in [0.15, 0.2) is 30.5 Å². The minimum Gasteiger partial charge on any atom is -0.360 e. The van der Waals surface area contributed by atoms with Gasteiger partial charge in [0.2, 0.25) is 5.91 Å². The number of carbonyl (C=O) groups is 1. The molecule has 0 saturated heterocycles. The highest BCUT2D eigenvalue weighted by atomic mass is 19.1. The van der Waals surface area contributed by atoms with E-state index in [9.17, 15) is 14.4 Å². The lowest BCUT2D eigenvalue weighted by molar-refractivity contribution is -0.123. The highest BCUT2D eigenvalue weighted by Crippen LogP contribution is 2.30. The maximum Gasteiger partial charge on any atom is 0.235 e. The monoisotopic (exact) mass is 366 g/mol. The van der Waals surface area contributed by atoms with Crippen LogP contribution in [0.5, 0.6) is 0 Å². The molecule has 1 aliphatic heterocycles. The first-order chi connectivity index (χ1) is 13.1. The molecule has 2 N–H and O–H groups in total. The van der Waals surface area contributed by atoms with Gasteiger partial charge in [0.1, 0.15) is 11.4 Å². The summed E-state index contributed by atoms with van der Waals surface area (Å²) in [5.74, 6) is -0.319. The van der Waals surface area contributed by atoms with Gasteiger partial charge in [-0.15, -0.1) is 0 Å². The first-order valence-electron chi connectivity index (χ1n) is 9.49. The molecule has 1 aromatic heterocycles. The third-order valence-electron chi connectivity index (χ3n) is 5.70. The van der Waals surface area contributed by atoms with Crippen LogP contribution in [0.3, 0.4) is 0 Å². The Morgan fingerprint density at radius 2 is 2.19 bits per heavy atom. The van der Waals surface area contributed by atoms with Crippen molar-refractivity contribution in [3.63, 3.8) is 0 Å². The summed E-state index contributed by atoms with van der Waals surface area (Å²) >= 11 is 0. The van der Waals surface area contributed by atoms with Crippen LogP contribution in [-0.2, 0) is 4.79 Å². The molecule has 0 spiro atoms. The second kappa shape index (κ2) is 7.16. The molecule has 2 aliphatic rings. The van der Waals surface area contributed by atoms with Crippen LogP contribution in [-0.4, -0.2) is 41.0 Å². The molecular weight excluding hydrogens is 343 g/mol. The van der Waals surface area contributed by atoms with Crippen molar-refractivity contribution in [2.24, 2.45) is 0 Å². The first kappa shape index (κ1) is 17.7. The van der Waals surface area contributed by atoms with Crippen molar-refractivity contribution in [1.29, 1.82) is 5.26 Å². The topological polar surface area (TPSA) is 71.9 Å². The van der Waals surface area contributed by atoms with Crippen LogP contribution in [0.25, 0.3) is 16.5 Å². The van der Waals surface area contributed by atoms with Crippen LogP contribution in [0, 0.1) is 17.1 Å². The fraction of sp³-hybridized carbons (Fsp3) is 0.429. The second-order valence-electron chi connectivity index (χ2n) is 7.56. The Morgan fingerprint density at radius 3 is 2.89 bits per heavy atom. The van der Waals surface area contributed by atoms with Crippen molar-refractivity contribution in [2.45, 2.75) is 37.6 Å². The third kappa shape index (κ3) is 3.60. The van der Waals surface area contributed by atoms with E-state index in [-0.39, 0.29) is 11.7 Å². The van der Waals surface area contributed by atoms with Crippen LogP contribution in [0.1, 0.15) is 37.7 Å². The minimum atomic E-state index is -0.660. The number of aromatic nitrogens is 1. The van der Waals surface area contributed by atoms with Crippen LogP contribution in [0.4, 0.5) is 4.39 Å². The molecule has 2 aromatic rings. The summed E-state index contributed by atoms with van der Waals surface area (Å²) in [7, 11) is 0. The van der Waals surface area contributed by atoms with Gasteiger partial charge in [-0.25, -0.2) is 4.39 Å². The van der Waals surface area contributed by atoms with E-state index < -0.39 is 5.54 Å². The molecule has 0 unspecified atom stereocenters. The van der Waals surface area contributed by atoms with Crippen LogP contribution < -0.4 is 5.32 Å². The van der Waals surface area contributed by atoms with Gasteiger partial charge in [-0.3, -0.25) is 9.69 Å². The predicted octanol–water partition coefficient (Wildman–Crippen LogP) is 3.35. The normalized spacial score (nSPS) is 19.6. The fourth-order valence-electron chi connectivity index (χ4n) is 4.22. The van der Waals surface area contributed by atoms with E-state index in [4.69, 9.17) is 0 Å². The van der Waals surface area contributed by atoms with Gasteiger partial charge in [-0.05, 0) is 55.9 Å². The molecule has 4 rings (SSSR count). The van der Waals surface area contributed by atoms with E-state index in [1.165, 1.54) is 17.7 Å². The van der Waals surface area contributed by atoms with E-state index in [0.29, 0.717) is 13.1 Å². The quantitative estimate of drug-likeness (QED) is 0.872. The second-order valence-corrected chi connectivity index (χ2v) is 7.56. The number of rotatable bonds is 4. The van der Waals surface area contributed by atoms with Gasteiger partial charge in [0.15, 0.2) is 0 Å². The van der Waals surface area contributed by atoms with Crippen molar-refractivity contribution < 1.29 is 9.18 Å². The zero-order valence-corrected chi connectivity index (χ0v) is 15.2. The number of hydrogen-bond acceptors (Lipinski definition) is 3. The zero-order chi connectivity index (χ0) is 18.9. The van der Waals surface area contributed by atoms with Gasteiger partial charge in [-0.2, -0.15) is 5.26 Å². The number of amides is 1. The number of carbonyl (C=O) groups excluding carboxylic acids is 1. The average Bonchev–Trinajstić information content (AvgIpc) is 3.29. The average molecular weight is 366 g/mol. The maximum atomic E-state index is 13.4.